The summed E-state index contributed by atoms with van der Waals surface area (Å²) in [4.78, 5) is 12.0. The van der Waals surface area contributed by atoms with E-state index in [-0.39, 0.29) is 11.9 Å². The third kappa shape index (κ3) is 3.93. The molecule has 2 N–H and O–H groups in total. The number of ether oxygens (including phenoxy) is 1. The quantitative estimate of drug-likeness (QED) is 0.847. The molecule has 1 aromatic heterocycles. The summed E-state index contributed by atoms with van der Waals surface area (Å²) in [6.45, 7) is 4.09. The first-order chi connectivity index (χ1) is 9.66. The molecule has 1 aromatic carbocycles. The second-order valence-corrected chi connectivity index (χ2v) is 4.70. The SMILES string of the molecule is CC(OCc1ccccc1)C(=O)NC(C)c1cn[nH]c1. The van der Waals surface area contributed by atoms with Gasteiger partial charge >= 0.3 is 0 Å². The largest absolute Gasteiger partial charge is 0.364 e. The Morgan fingerprint density at radius 2 is 2.10 bits per heavy atom. The highest BCUT2D eigenvalue weighted by molar-refractivity contribution is 5.80. The smallest absolute Gasteiger partial charge is 0.249 e. The van der Waals surface area contributed by atoms with Gasteiger partial charge in [0.2, 0.25) is 5.91 Å². The molecule has 0 saturated heterocycles. The molecule has 20 heavy (non-hydrogen) atoms. The molecule has 2 rings (SSSR count). The molecular weight excluding hydrogens is 254 g/mol. The van der Waals surface area contributed by atoms with Crippen molar-refractivity contribution in [3.05, 3.63) is 53.9 Å². The maximum Gasteiger partial charge on any atom is 0.249 e. The van der Waals surface area contributed by atoms with Crippen molar-refractivity contribution in [3.63, 3.8) is 0 Å². The van der Waals surface area contributed by atoms with E-state index in [1.165, 1.54) is 0 Å². The van der Waals surface area contributed by atoms with Gasteiger partial charge in [0.1, 0.15) is 6.10 Å². The third-order valence-electron chi connectivity index (χ3n) is 3.09. The van der Waals surface area contributed by atoms with Crippen LogP contribution in [-0.4, -0.2) is 22.2 Å². The van der Waals surface area contributed by atoms with E-state index in [1.807, 2.05) is 37.3 Å². The Hall–Kier alpha value is -2.14. The Morgan fingerprint density at radius 3 is 2.75 bits per heavy atom. The van der Waals surface area contributed by atoms with E-state index < -0.39 is 6.10 Å². The highest BCUT2D eigenvalue weighted by Crippen LogP contribution is 2.10. The van der Waals surface area contributed by atoms with Crippen LogP contribution < -0.4 is 5.32 Å². The van der Waals surface area contributed by atoms with E-state index in [1.54, 1.807) is 19.3 Å². The van der Waals surface area contributed by atoms with E-state index in [9.17, 15) is 4.79 Å². The van der Waals surface area contributed by atoms with Crippen molar-refractivity contribution < 1.29 is 9.53 Å². The number of H-pyrrole nitrogens is 1. The fourth-order valence-electron chi connectivity index (χ4n) is 1.78. The van der Waals surface area contributed by atoms with E-state index in [0.29, 0.717) is 6.61 Å². The van der Waals surface area contributed by atoms with Crippen molar-refractivity contribution in [2.24, 2.45) is 0 Å². The van der Waals surface area contributed by atoms with Gasteiger partial charge in [-0.25, -0.2) is 0 Å². The second kappa shape index (κ2) is 6.86. The lowest BCUT2D eigenvalue weighted by atomic mass is 10.2. The molecule has 2 unspecified atom stereocenters. The van der Waals surface area contributed by atoms with E-state index in [2.05, 4.69) is 15.5 Å². The molecule has 5 nitrogen and oxygen atoms in total. The van der Waals surface area contributed by atoms with Crippen LogP contribution in [0.2, 0.25) is 0 Å². The minimum atomic E-state index is -0.496. The molecule has 0 saturated carbocycles. The number of nitrogens with one attached hydrogen (secondary N) is 2. The van der Waals surface area contributed by atoms with Crippen molar-refractivity contribution in [1.29, 1.82) is 0 Å². The predicted molar refractivity (Wildman–Crippen MR) is 75.8 cm³/mol. The van der Waals surface area contributed by atoms with E-state index in [0.717, 1.165) is 11.1 Å². The highest BCUT2D eigenvalue weighted by Gasteiger charge is 2.17. The predicted octanol–water partition coefficient (Wildman–Crippen LogP) is 2.19. The van der Waals surface area contributed by atoms with Crippen LogP contribution in [0, 0.1) is 0 Å². The first-order valence-electron chi connectivity index (χ1n) is 6.61. The zero-order valence-electron chi connectivity index (χ0n) is 11.7. The van der Waals surface area contributed by atoms with Gasteiger partial charge in [-0.2, -0.15) is 5.10 Å². The molecule has 0 fully saturated rings. The summed E-state index contributed by atoms with van der Waals surface area (Å²) in [5, 5.41) is 9.49. The Morgan fingerprint density at radius 1 is 1.35 bits per heavy atom. The molecule has 2 atom stereocenters. The van der Waals surface area contributed by atoms with Crippen molar-refractivity contribution in [1.82, 2.24) is 15.5 Å². The molecule has 0 aliphatic heterocycles. The van der Waals surface area contributed by atoms with Gasteiger partial charge in [-0.3, -0.25) is 9.89 Å². The number of benzene rings is 1. The van der Waals surface area contributed by atoms with Crippen molar-refractivity contribution in [2.45, 2.75) is 32.6 Å². The number of nitrogens with zero attached hydrogens (tertiary/aromatic N) is 1. The van der Waals surface area contributed by atoms with Gasteiger partial charge in [-0.1, -0.05) is 30.3 Å². The van der Waals surface area contributed by atoms with Crippen LogP contribution >= 0.6 is 0 Å². The van der Waals surface area contributed by atoms with Crippen LogP contribution in [-0.2, 0) is 16.1 Å². The normalized spacial score (nSPS) is 13.7. The summed E-state index contributed by atoms with van der Waals surface area (Å²) < 4.78 is 5.57. The fourth-order valence-corrected chi connectivity index (χ4v) is 1.78. The van der Waals surface area contributed by atoms with Crippen molar-refractivity contribution >= 4 is 5.91 Å². The molecule has 0 spiro atoms. The summed E-state index contributed by atoms with van der Waals surface area (Å²) in [6, 6.07) is 9.70. The zero-order valence-corrected chi connectivity index (χ0v) is 11.7. The van der Waals surface area contributed by atoms with Gasteiger partial charge in [0, 0.05) is 11.8 Å². The number of hydrogen-bond donors (Lipinski definition) is 2. The molecular formula is C15H19N3O2. The zero-order chi connectivity index (χ0) is 14.4. The minimum Gasteiger partial charge on any atom is -0.364 e. The van der Waals surface area contributed by atoms with Gasteiger partial charge < -0.3 is 10.1 Å². The van der Waals surface area contributed by atoms with Crippen LogP contribution in [0.15, 0.2) is 42.7 Å². The number of carbonyl (C=O) groups excluding carboxylic acids is 1. The maximum absolute atomic E-state index is 12.0. The van der Waals surface area contributed by atoms with Crippen LogP contribution in [0.4, 0.5) is 0 Å². The third-order valence-corrected chi connectivity index (χ3v) is 3.09. The topological polar surface area (TPSA) is 67.0 Å². The van der Waals surface area contributed by atoms with Crippen molar-refractivity contribution in [3.8, 4) is 0 Å². The van der Waals surface area contributed by atoms with Crippen LogP contribution in [0.25, 0.3) is 0 Å². The monoisotopic (exact) mass is 273 g/mol. The van der Waals surface area contributed by atoms with Gasteiger partial charge in [0.25, 0.3) is 0 Å². The van der Waals surface area contributed by atoms with Gasteiger partial charge in [-0.05, 0) is 19.4 Å². The molecule has 1 heterocycles. The Balaban J connectivity index is 1.80. The summed E-state index contributed by atoms with van der Waals surface area (Å²) in [6.07, 6.45) is 2.96. The summed E-state index contributed by atoms with van der Waals surface area (Å²) in [5.74, 6) is -0.130. The summed E-state index contributed by atoms with van der Waals surface area (Å²) >= 11 is 0. The fraction of sp³-hybridized carbons (Fsp3) is 0.333. The highest BCUT2D eigenvalue weighted by atomic mass is 16.5. The average molecular weight is 273 g/mol. The molecule has 106 valence electrons. The van der Waals surface area contributed by atoms with Gasteiger partial charge in [0.05, 0.1) is 18.8 Å². The molecule has 1 amide bonds. The molecule has 5 heteroatoms. The number of amides is 1. The summed E-state index contributed by atoms with van der Waals surface area (Å²) in [5.41, 5.74) is 1.99. The van der Waals surface area contributed by atoms with Crippen LogP contribution in [0.3, 0.4) is 0 Å². The lowest BCUT2D eigenvalue weighted by Gasteiger charge is -2.17. The van der Waals surface area contributed by atoms with Gasteiger partial charge in [-0.15, -0.1) is 0 Å². The molecule has 0 bridgehead atoms. The molecule has 0 aliphatic rings. The van der Waals surface area contributed by atoms with Crippen molar-refractivity contribution in [2.75, 3.05) is 0 Å². The van der Waals surface area contributed by atoms with E-state index >= 15 is 0 Å². The number of aromatic amines is 1. The average Bonchev–Trinajstić information content (AvgIpc) is 3.00. The Bertz CT molecular complexity index is 525. The first-order valence-corrected chi connectivity index (χ1v) is 6.61. The Kier molecular flexibility index (Phi) is 4.90. The number of rotatable bonds is 6. The number of aromatic nitrogens is 2. The standard InChI is InChI=1S/C15H19N3O2/c1-11(14-8-16-17-9-14)18-15(19)12(2)20-10-13-6-4-3-5-7-13/h3-9,11-12H,10H2,1-2H3,(H,16,17)(H,18,19). The molecule has 0 aliphatic carbocycles. The van der Waals surface area contributed by atoms with Crippen LogP contribution in [0.1, 0.15) is 31.0 Å². The molecule has 2 aromatic rings. The first kappa shape index (κ1) is 14.3. The lowest BCUT2D eigenvalue weighted by molar-refractivity contribution is -0.133. The van der Waals surface area contributed by atoms with E-state index in [4.69, 9.17) is 4.74 Å². The molecule has 0 radical (unpaired) electrons. The Labute approximate surface area is 118 Å². The maximum atomic E-state index is 12.0. The minimum absolute atomic E-state index is 0.0935. The second-order valence-electron chi connectivity index (χ2n) is 4.70. The number of carbonyl (C=O) groups is 1. The lowest BCUT2D eigenvalue weighted by Crippen LogP contribution is -2.36. The van der Waals surface area contributed by atoms with Gasteiger partial charge in [0.15, 0.2) is 0 Å². The number of hydrogen-bond acceptors (Lipinski definition) is 3. The summed E-state index contributed by atoms with van der Waals surface area (Å²) in [7, 11) is 0. The van der Waals surface area contributed by atoms with Crippen LogP contribution in [0.5, 0.6) is 0 Å².